The first-order chi connectivity index (χ1) is 15.7. The number of hydrogen-bond acceptors (Lipinski definition) is 1. The first kappa shape index (κ1) is 35.4. The summed E-state index contributed by atoms with van der Waals surface area (Å²) in [5, 5.41) is 9.14. The number of nitrogens with zero attached hydrogens (tertiary/aromatic N) is 1. The number of quaternary nitrogens is 1. The van der Waals surface area contributed by atoms with Crippen LogP contribution in [0.4, 0.5) is 0 Å². The standard InChI is InChI=1S/C30H64NO.ClH/c1-4-7-10-13-16-21-26-31(29-24-19-20-25-30-32,27-22-17-14-11-8-5-2)28-23-18-15-12-9-6-3;/h32H,4-30H2,1-3H3;1H/q+1;/p-1. The second kappa shape index (κ2) is 28.4. The van der Waals surface area contributed by atoms with Gasteiger partial charge in [-0.15, -0.1) is 0 Å². The van der Waals surface area contributed by atoms with Gasteiger partial charge < -0.3 is 22.0 Å². The highest BCUT2D eigenvalue weighted by atomic mass is 35.5. The SMILES string of the molecule is CCCCCCCC[N+](CCCCCCO)(CCCCCCCC)CCCCCCCC.[Cl-]. The highest BCUT2D eigenvalue weighted by Crippen LogP contribution is 2.20. The smallest absolute Gasteiger partial charge is 0.0786 e. The molecule has 33 heavy (non-hydrogen) atoms. The molecule has 2 nitrogen and oxygen atoms in total. The van der Waals surface area contributed by atoms with Gasteiger partial charge in [-0.05, 0) is 57.8 Å². The molecule has 0 aliphatic carbocycles. The predicted octanol–water partition coefficient (Wildman–Crippen LogP) is 6.44. The zero-order chi connectivity index (χ0) is 23.6. The summed E-state index contributed by atoms with van der Waals surface area (Å²) in [6.45, 7) is 13.0. The molecule has 0 rings (SSSR count). The average Bonchev–Trinajstić information content (AvgIpc) is 2.80. The van der Waals surface area contributed by atoms with Gasteiger partial charge in [0.2, 0.25) is 0 Å². The highest BCUT2D eigenvalue weighted by molar-refractivity contribution is 4.55. The fourth-order valence-corrected chi connectivity index (χ4v) is 5.27. The van der Waals surface area contributed by atoms with Gasteiger partial charge in [0.05, 0.1) is 26.2 Å². The molecule has 0 heterocycles. The summed E-state index contributed by atoms with van der Waals surface area (Å²) in [5.41, 5.74) is 0. The van der Waals surface area contributed by atoms with E-state index in [1.165, 1.54) is 165 Å². The molecule has 0 saturated heterocycles. The lowest BCUT2D eigenvalue weighted by atomic mass is 10.0. The summed E-state index contributed by atoms with van der Waals surface area (Å²) < 4.78 is 1.41. The van der Waals surface area contributed by atoms with Gasteiger partial charge in [0, 0.05) is 6.61 Å². The lowest BCUT2D eigenvalue weighted by Gasteiger charge is -2.40. The van der Waals surface area contributed by atoms with Crippen molar-refractivity contribution in [2.75, 3.05) is 32.8 Å². The van der Waals surface area contributed by atoms with Gasteiger partial charge in [0.15, 0.2) is 0 Å². The maximum atomic E-state index is 9.14. The van der Waals surface area contributed by atoms with Crippen LogP contribution in [0, 0.1) is 0 Å². The third-order valence-electron chi connectivity index (χ3n) is 7.50. The molecule has 0 radical (unpaired) electrons. The van der Waals surface area contributed by atoms with Crippen LogP contribution in [0.3, 0.4) is 0 Å². The zero-order valence-electron chi connectivity index (χ0n) is 23.4. The molecule has 3 heteroatoms. The fraction of sp³-hybridized carbons (Fsp3) is 1.00. The van der Waals surface area contributed by atoms with E-state index in [-0.39, 0.29) is 12.4 Å². The van der Waals surface area contributed by atoms with Crippen molar-refractivity contribution in [3.63, 3.8) is 0 Å². The Balaban J connectivity index is 0. The van der Waals surface area contributed by atoms with E-state index >= 15 is 0 Å². The number of unbranched alkanes of at least 4 members (excludes halogenated alkanes) is 18. The van der Waals surface area contributed by atoms with Crippen LogP contribution < -0.4 is 12.4 Å². The van der Waals surface area contributed by atoms with Gasteiger partial charge in [-0.3, -0.25) is 0 Å². The van der Waals surface area contributed by atoms with Gasteiger partial charge in [-0.1, -0.05) is 104 Å². The Kier molecular flexibility index (Phi) is 30.5. The van der Waals surface area contributed by atoms with Crippen molar-refractivity contribution in [3.05, 3.63) is 0 Å². The Morgan fingerprint density at radius 3 is 0.879 bits per heavy atom. The average molecular weight is 490 g/mol. The zero-order valence-corrected chi connectivity index (χ0v) is 24.1. The van der Waals surface area contributed by atoms with Crippen LogP contribution in [0.2, 0.25) is 0 Å². The third kappa shape index (κ3) is 23.7. The molecular formula is C30H64ClNO. The number of aliphatic hydroxyl groups excluding tert-OH is 1. The van der Waals surface area contributed by atoms with Crippen molar-refractivity contribution in [1.29, 1.82) is 0 Å². The van der Waals surface area contributed by atoms with Crippen LogP contribution in [0.25, 0.3) is 0 Å². The Morgan fingerprint density at radius 2 is 0.606 bits per heavy atom. The molecule has 202 valence electrons. The molecule has 0 aliphatic rings. The minimum Gasteiger partial charge on any atom is -1.00 e. The molecule has 0 atom stereocenters. The quantitative estimate of drug-likeness (QED) is 0.104. The highest BCUT2D eigenvalue weighted by Gasteiger charge is 2.25. The van der Waals surface area contributed by atoms with Crippen LogP contribution in [-0.4, -0.2) is 42.4 Å². The second-order valence-corrected chi connectivity index (χ2v) is 10.7. The Bertz CT molecular complexity index is 309. The maximum Gasteiger partial charge on any atom is 0.0786 e. The van der Waals surface area contributed by atoms with E-state index in [9.17, 15) is 0 Å². The van der Waals surface area contributed by atoms with E-state index in [2.05, 4.69) is 20.8 Å². The van der Waals surface area contributed by atoms with E-state index in [1.54, 1.807) is 0 Å². The van der Waals surface area contributed by atoms with Crippen molar-refractivity contribution in [2.24, 2.45) is 0 Å². The summed E-state index contributed by atoms with van der Waals surface area (Å²) in [4.78, 5) is 0. The second-order valence-electron chi connectivity index (χ2n) is 10.7. The lowest BCUT2D eigenvalue weighted by Crippen LogP contribution is -3.00. The summed E-state index contributed by atoms with van der Waals surface area (Å²) >= 11 is 0. The van der Waals surface area contributed by atoms with E-state index in [1.807, 2.05) is 0 Å². The number of aliphatic hydroxyl groups is 1. The molecule has 0 aliphatic heterocycles. The largest absolute Gasteiger partial charge is 1.00 e. The van der Waals surface area contributed by atoms with Gasteiger partial charge in [0.25, 0.3) is 0 Å². The number of hydrogen-bond donors (Lipinski definition) is 1. The summed E-state index contributed by atoms with van der Waals surface area (Å²) in [6, 6.07) is 0. The van der Waals surface area contributed by atoms with Crippen molar-refractivity contribution >= 4 is 0 Å². The summed E-state index contributed by atoms with van der Waals surface area (Å²) in [6.07, 6.45) is 30.5. The fourth-order valence-electron chi connectivity index (χ4n) is 5.27. The molecule has 0 aromatic carbocycles. The lowest BCUT2D eigenvalue weighted by molar-refractivity contribution is -0.929. The van der Waals surface area contributed by atoms with Crippen LogP contribution in [0.5, 0.6) is 0 Å². The van der Waals surface area contributed by atoms with Crippen LogP contribution in [0.15, 0.2) is 0 Å². The topological polar surface area (TPSA) is 20.2 Å². The van der Waals surface area contributed by atoms with Gasteiger partial charge in [-0.25, -0.2) is 0 Å². The molecule has 0 aromatic heterocycles. The van der Waals surface area contributed by atoms with Crippen molar-refractivity contribution in [3.8, 4) is 0 Å². The van der Waals surface area contributed by atoms with E-state index < -0.39 is 0 Å². The first-order valence-electron chi connectivity index (χ1n) is 15.2. The molecule has 0 amide bonds. The Hall–Kier alpha value is 0.210. The Labute approximate surface area is 216 Å². The summed E-state index contributed by atoms with van der Waals surface area (Å²) in [7, 11) is 0. The van der Waals surface area contributed by atoms with Crippen molar-refractivity contribution < 1.29 is 22.0 Å². The van der Waals surface area contributed by atoms with Crippen LogP contribution >= 0.6 is 0 Å². The molecule has 0 bridgehead atoms. The van der Waals surface area contributed by atoms with E-state index in [4.69, 9.17) is 5.11 Å². The first-order valence-corrected chi connectivity index (χ1v) is 15.2. The molecule has 0 fully saturated rings. The number of rotatable bonds is 27. The molecule has 0 unspecified atom stereocenters. The van der Waals surface area contributed by atoms with Crippen molar-refractivity contribution in [1.82, 2.24) is 0 Å². The minimum absolute atomic E-state index is 0. The predicted molar refractivity (Wildman–Crippen MR) is 145 cm³/mol. The van der Waals surface area contributed by atoms with E-state index in [0.717, 1.165) is 6.42 Å². The van der Waals surface area contributed by atoms with Gasteiger partial charge in [0.1, 0.15) is 0 Å². The summed E-state index contributed by atoms with van der Waals surface area (Å²) in [5.74, 6) is 0. The number of halogens is 1. The maximum absolute atomic E-state index is 9.14. The monoisotopic (exact) mass is 489 g/mol. The van der Waals surface area contributed by atoms with Crippen molar-refractivity contribution in [2.45, 2.75) is 162 Å². The molecular weight excluding hydrogens is 426 g/mol. The molecule has 0 saturated carbocycles. The van der Waals surface area contributed by atoms with Gasteiger partial charge >= 0.3 is 0 Å². The van der Waals surface area contributed by atoms with Crippen LogP contribution in [-0.2, 0) is 0 Å². The molecule has 0 spiro atoms. The van der Waals surface area contributed by atoms with Crippen LogP contribution in [0.1, 0.15) is 162 Å². The van der Waals surface area contributed by atoms with Gasteiger partial charge in [-0.2, -0.15) is 0 Å². The minimum atomic E-state index is 0. The third-order valence-corrected chi connectivity index (χ3v) is 7.50. The Morgan fingerprint density at radius 1 is 0.364 bits per heavy atom. The van der Waals surface area contributed by atoms with E-state index in [0.29, 0.717) is 6.61 Å². The normalized spacial score (nSPS) is 11.6. The molecule has 0 aromatic rings. The molecule has 1 N–H and O–H groups in total.